The van der Waals surface area contributed by atoms with Crippen LogP contribution in [0.25, 0.3) is 0 Å². The Hall–Kier alpha value is -3.33. The highest BCUT2D eigenvalue weighted by Gasteiger charge is 2.55. The Morgan fingerprint density at radius 3 is 1.74 bits per heavy atom. The summed E-state index contributed by atoms with van der Waals surface area (Å²) >= 11 is 0. The molecule has 1 heterocycles. The molecule has 1 rings (SSSR count). The zero-order valence-electron chi connectivity index (χ0n) is 19.8. The summed E-state index contributed by atoms with van der Waals surface area (Å²) in [5.74, 6) is -5.72. The molecule has 0 spiro atoms. The molecule has 0 aromatic heterocycles. The third-order valence-corrected chi connectivity index (χ3v) is 5.73. The Morgan fingerprint density at radius 2 is 1.29 bits per heavy atom. The topological polar surface area (TPSA) is 184 Å². The lowest BCUT2D eigenvalue weighted by atomic mass is 9.99. The van der Waals surface area contributed by atoms with Crippen LogP contribution in [0.15, 0.2) is 11.0 Å². The van der Waals surface area contributed by atoms with Gasteiger partial charge >= 0.3 is 35.8 Å². The van der Waals surface area contributed by atoms with E-state index in [1.807, 2.05) is 0 Å². The molecular weight excluding hydrogens is 496 g/mol. The fourth-order valence-corrected chi connectivity index (χ4v) is 4.36. The van der Waals surface area contributed by atoms with Crippen LogP contribution in [0.5, 0.6) is 0 Å². The molecule has 0 N–H and O–H groups in total. The van der Waals surface area contributed by atoms with Gasteiger partial charge in [-0.2, -0.15) is 0 Å². The van der Waals surface area contributed by atoms with Gasteiger partial charge in [-0.3, -0.25) is 23.4 Å². The Kier molecular flexibility index (Phi) is 11.5. The molecule has 196 valence electrons. The van der Waals surface area contributed by atoms with Crippen molar-refractivity contribution in [3.05, 3.63) is 11.0 Å². The molecule has 6 atom stereocenters. The lowest BCUT2D eigenvalue weighted by molar-refractivity contribution is -0.238. The van der Waals surface area contributed by atoms with Crippen molar-refractivity contribution in [2.75, 3.05) is 20.8 Å². The molecule has 0 amide bonds. The van der Waals surface area contributed by atoms with Crippen molar-refractivity contribution in [3.63, 3.8) is 0 Å². The first-order valence-electron chi connectivity index (χ1n) is 9.91. The molecule has 0 bridgehead atoms. The lowest BCUT2D eigenvalue weighted by Crippen LogP contribution is -2.63. The predicted molar refractivity (Wildman–Crippen MR) is 112 cm³/mol. The zero-order valence-corrected chi connectivity index (χ0v) is 20.6. The van der Waals surface area contributed by atoms with E-state index in [9.17, 15) is 33.0 Å². The Morgan fingerprint density at radius 1 is 0.771 bits per heavy atom. The van der Waals surface area contributed by atoms with E-state index in [1.165, 1.54) is 0 Å². The molecule has 35 heavy (non-hydrogen) atoms. The second-order valence-electron chi connectivity index (χ2n) is 6.89. The van der Waals surface area contributed by atoms with Crippen LogP contribution < -0.4 is 0 Å². The fourth-order valence-electron chi connectivity index (χ4n) is 2.95. The maximum Gasteiger partial charge on any atom is 0.347 e. The van der Waals surface area contributed by atoms with Crippen LogP contribution in [0.4, 0.5) is 0 Å². The van der Waals surface area contributed by atoms with Crippen LogP contribution in [0.1, 0.15) is 27.7 Å². The van der Waals surface area contributed by atoms with Crippen LogP contribution in [-0.4, -0.2) is 90.7 Å². The standard InChI is InChI=1S/C20H26O14S/c1-9(21)30-8-13-16(31-10(2)22)17(32-11(3)23)18(33-12(4)24)20(34-13)35(27)14(19(26)29-6)7-15(25)28-5/h7,13,16-18,20H,8H2,1-6H3/b14-7+/t13-,16-,17+,18-,20+,35-/m1/s1. The number of ether oxygens (including phenoxy) is 7. The highest BCUT2D eigenvalue weighted by atomic mass is 32.2. The summed E-state index contributed by atoms with van der Waals surface area (Å²) in [5.41, 5.74) is -1.79. The molecule has 0 unspecified atom stereocenters. The van der Waals surface area contributed by atoms with Gasteiger partial charge in [-0.25, -0.2) is 9.59 Å². The Balaban J connectivity index is 3.67. The number of carbonyl (C=O) groups is 6. The summed E-state index contributed by atoms with van der Waals surface area (Å²) in [6.07, 6.45) is -5.62. The smallest absolute Gasteiger partial charge is 0.347 e. The van der Waals surface area contributed by atoms with E-state index in [2.05, 4.69) is 9.47 Å². The van der Waals surface area contributed by atoms with E-state index in [0.717, 1.165) is 41.9 Å². The minimum absolute atomic E-state index is 0.570. The average molecular weight is 522 g/mol. The normalized spacial score (nSPS) is 24.9. The van der Waals surface area contributed by atoms with E-state index >= 15 is 0 Å². The maximum absolute atomic E-state index is 13.4. The third-order valence-electron chi connectivity index (χ3n) is 4.21. The maximum atomic E-state index is 13.4. The van der Waals surface area contributed by atoms with Crippen molar-refractivity contribution < 1.29 is 66.1 Å². The van der Waals surface area contributed by atoms with E-state index in [1.54, 1.807) is 0 Å². The quantitative estimate of drug-likeness (QED) is 0.205. The summed E-state index contributed by atoms with van der Waals surface area (Å²) in [5, 5.41) is 0. The van der Waals surface area contributed by atoms with Gasteiger partial charge in [0.05, 0.1) is 25.0 Å². The highest BCUT2D eigenvalue weighted by Crippen LogP contribution is 2.32. The van der Waals surface area contributed by atoms with Gasteiger partial charge in [-0.15, -0.1) is 0 Å². The Bertz CT molecular complexity index is 909. The van der Waals surface area contributed by atoms with E-state index in [-0.39, 0.29) is 0 Å². The molecule has 1 fully saturated rings. The first-order valence-corrected chi connectivity index (χ1v) is 11.1. The summed E-state index contributed by atoms with van der Waals surface area (Å²) in [6.45, 7) is 3.54. The number of hydrogen-bond acceptors (Lipinski definition) is 14. The molecule has 0 saturated carbocycles. The number of esters is 6. The van der Waals surface area contributed by atoms with Gasteiger partial charge in [0.25, 0.3) is 0 Å². The SMILES string of the molecule is COC(=O)/C=C(\C(=O)OC)[S@@](=O)[C@@H]1O[C@H](COC(C)=O)[C@@H](OC(C)=O)[C@H](OC(C)=O)[C@H]1OC(C)=O. The second-order valence-corrected chi connectivity index (χ2v) is 8.39. The molecule has 1 aliphatic heterocycles. The van der Waals surface area contributed by atoms with Gasteiger partial charge in [0.2, 0.25) is 0 Å². The molecule has 14 nitrogen and oxygen atoms in total. The number of methoxy groups -OCH3 is 2. The van der Waals surface area contributed by atoms with Crippen LogP contribution >= 0.6 is 0 Å². The molecule has 0 radical (unpaired) electrons. The molecule has 15 heteroatoms. The van der Waals surface area contributed by atoms with Crippen molar-refractivity contribution in [2.45, 2.75) is 57.5 Å². The molecule has 1 aliphatic rings. The van der Waals surface area contributed by atoms with Gasteiger partial charge in [0.1, 0.15) is 17.6 Å². The zero-order chi connectivity index (χ0) is 26.9. The van der Waals surface area contributed by atoms with Gasteiger partial charge in [0, 0.05) is 33.8 Å². The van der Waals surface area contributed by atoms with Gasteiger partial charge in [-0.05, 0) is 0 Å². The molecule has 0 aromatic rings. The molecule has 0 aliphatic carbocycles. The van der Waals surface area contributed by atoms with Crippen molar-refractivity contribution in [3.8, 4) is 0 Å². The average Bonchev–Trinajstić information content (AvgIpc) is 2.76. The van der Waals surface area contributed by atoms with Crippen molar-refractivity contribution in [2.24, 2.45) is 0 Å². The summed E-state index contributed by atoms with van der Waals surface area (Å²) in [4.78, 5) is 70.1. The lowest BCUT2D eigenvalue weighted by Gasteiger charge is -2.43. The minimum Gasteiger partial charge on any atom is -0.466 e. The first-order chi connectivity index (χ1) is 16.3. The minimum atomic E-state index is -2.63. The van der Waals surface area contributed by atoms with Crippen molar-refractivity contribution in [1.82, 2.24) is 0 Å². The van der Waals surface area contributed by atoms with Crippen LogP contribution in [0, 0.1) is 0 Å². The largest absolute Gasteiger partial charge is 0.466 e. The van der Waals surface area contributed by atoms with Crippen LogP contribution in [-0.2, 0) is 72.7 Å². The van der Waals surface area contributed by atoms with Crippen LogP contribution in [0.3, 0.4) is 0 Å². The summed E-state index contributed by atoms with van der Waals surface area (Å²) in [6, 6.07) is 0. The van der Waals surface area contributed by atoms with E-state index in [0.29, 0.717) is 6.08 Å². The fraction of sp³-hybridized carbons (Fsp3) is 0.600. The Labute approximate surface area is 202 Å². The summed E-state index contributed by atoms with van der Waals surface area (Å²) < 4.78 is 48.7. The first kappa shape index (κ1) is 29.7. The van der Waals surface area contributed by atoms with E-state index in [4.69, 9.17) is 23.7 Å². The van der Waals surface area contributed by atoms with Crippen molar-refractivity contribution >= 4 is 46.6 Å². The number of rotatable bonds is 9. The molecular formula is C20H26O14S. The van der Waals surface area contributed by atoms with Gasteiger partial charge < -0.3 is 33.2 Å². The van der Waals surface area contributed by atoms with Crippen molar-refractivity contribution in [1.29, 1.82) is 0 Å². The number of carbonyl (C=O) groups excluding carboxylic acids is 6. The van der Waals surface area contributed by atoms with Crippen LogP contribution in [0.2, 0.25) is 0 Å². The predicted octanol–water partition coefficient (Wildman–Crippen LogP) is -0.952. The third kappa shape index (κ3) is 8.75. The molecule has 1 saturated heterocycles. The highest BCUT2D eigenvalue weighted by molar-refractivity contribution is 7.90. The van der Waals surface area contributed by atoms with E-state index < -0.39 is 88.0 Å². The van der Waals surface area contributed by atoms with Gasteiger partial charge in [-0.1, -0.05) is 0 Å². The van der Waals surface area contributed by atoms with Gasteiger partial charge in [0.15, 0.2) is 23.7 Å². The molecule has 0 aromatic carbocycles. The number of hydrogen-bond donors (Lipinski definition) is 0. The summed E-state index contributed by atoms with van der Waals surface area (Å²) in [7, 11) is -0.666. The monoisotopic (exact) mass is 522 g/mol. The second kappa shape index (κ2) is 13.5.